The van der Waals surface area contributed by atoms with Crippen molar-refractivity contribution < 1.29 is 23.0 Å². The van der Waals surface area contributed by atoms with Gasteiger partial charge in [-0.25, -0.2) is 13.8 Å². The third kappa shape index (κ3) is 4.99. The quantitative estimate of drug-likeness (QED) is 0.409. The fourth-order valence-corrected chi connectivity index (χ4v) is 6.15. The van der Waals surface area contributed by atoms with Gasteiger partial charge in [-0.2, -0.15) is 10.2 Å². The molecule has 3 saturated carbocycles. The average molecular weight is 485 g/mol. The second-order valence-corrected chi connectivity index (χ2v) is 10.3. The molecule has 3 fully saturated rings. The zero-order valence-corrected chi connectivity index (χ0v) is 19.9. The molecule has 3 aliphatic carbocycles. The number of rotatable bonds is 11. The molecule has 35 heavy (non-hydrogen) atoms. The maximum Gasteiger partial charge on any atom is 0.243 e. The molecule has 2 aromatic rings. The molecule has 186 valence electrons. The third-order valence-electron chi connectivity index (χ3n) is 7.57. The Bertz CT molecular complexity index is 1090. The minimum absolute atomic E-state index is 0.101. The van der Waals surface area contributed by atoms with E-state index in [9.17, 15) is 13.6 Å². The summed E-state index contributed by atoms with van der Waals surface area (Å²) in [5.41, 5.74) is 1.16. The monoisotopic (exact) mass is 484 g/mol. The first kappa shape index (κ1) is 23.6. The Morgan fingerprint density at radius 3 is 2.60 bits per heavy atom. The van der Waals surface area contributed by atoms with Gasteiger partial charge in [-0.05, 0) is 55.2 Å². The van der Waals surface area contributed by atoms with E-state index < -0.39 is 17.7 Å². The fraction of sp³-hybridized carbons (Fsp3) is 0.538. The normalized spacial score (nSPS) is 26.3. The van der Waals surface area contributed by atoms with Crippen molar-refractivity contribution in [1.29, 1.82) is 0 Å². The molecular formula is C26H30F2N4O3. The van der Waals surface area contributed by atoms with Crippen molar-refractivity contribution in [2.75, 3.05) is 13.7 Å². The van der Waals surface area contributed by atoms with Gasteiger partial charge in [0.1, 0.15) is 17.4 Å². The number of carbonyl (C=O) groups is 1. The molecule has 0 saturated heterocycles. The Morgan fingerprint density at radius 1 is 1.09 bits per heavy atom. The number of carbonyl (C=O) groups excluding carboxylic acids is 1. The summed E-state index contributed by atoms with van der Waals surface area (Å²) in [7, 11) is 1.59. The summed E-state index contributed by atoms with van der Waals surface area (Å²) in [4.78, 5) is 12.7. The molecule has 2 bridgehead atoms. The highest BCUT2D eigenvalue weighted by Gasteiger charge is 2.67. The maximum atomic E-state index is 13.6. The molecule has 1 unspecified atom stereocenters. The first-order valence-electron chi connectivity index (χ1n) is 12.2. The molecule has 2 heterocycles. The molecule has 9 heteroatoms. The summed E-state index contributed by atoms with van der Waals surface area (Å²) in [6, 6.07) is 4.70. The topological polar surface area (TPSA) is 76.9 Å². The molecule has 1 amide bonds. The van der Waals surface area contributed by atoms with Crippen LogP contribution in [-0.2, 0) is 4.79 Å². The number of hydrogen-bond acceptors (Lipinski definition) is 6. The van der Waals surface area contributed by atoms with Crippen molar-refractivity contribution in [3.63, 3.8) is 0 Å². The van der Waals surface area contributed by atoms with Crippen molar-refractivity contribution in [3.05, 3.63) is 47.7 Å². The lowest BCUT2D eigenvalue weighted by molar-refractivity contribution is -0.223. The molecule has 6 rings (SSSR count). The standard InChI is InChI=1S/C26H30F2N4O3/c1-34-21-12-23(31-29-13-21)35-17-26-14-25(15-26,16-26)7-4-2-3-5-24(33)32-22(6-8-30-32)18-9-19(27)11-20(28)10-18/h8-13,22H,2-7,14-17H2,1H3. The van der Waals surface area contributed by atoms with Crippen molar-refractivity contribution in [1.82, 2.24) is 15.2 Å². The van der Waals surface area contributed by atoms with Gasteiger partial charge < -0.3 is 9.47 Å². The van der Waals surface area contributed by atoms with Crippen LogP contribution in [0, 0.1) is 22.5 Å². The molecule has 4 aliphatic rings. The van der Waals surface area contributed by atoms with Crippen molar-refractivity contribution >= 4 is 12.1 Å². The summed E-state index contributed by atoms with van der Waals surface area (Å²) in [6.07, 6.45) is 11.6. The van der Waals surface area contributed by atoms with Gasteiger partial charge >= 0.3 is 0 Å². The predicted molar refractivity (Wildman–Crippen MR) is 125 cm³/mol. The molecule has 1 aromatic carbocycles. The molecule has 0 radical (unpaired) electrons. The zero-order chi connectivity index (χ0) is 24.5. The molecule has 1 aromatic heterocycles. The van der Waals surface area contributed by atoms with E-state index in [1.165, 1.54) is 42.8 Å². The number of nitrogens with zero attached hydrogens (tertiary/aromatic N) is 4. The van der Waals surface area contributed by atoms with E-state index in [4.69, 9.17) is 9.47 Å². The van der Waals surface area contributed by atoms with Gasteiger partial charge in [0.15, 0.2) is 0 Å². The molecule has 0 spiro atoms. The summed E-state index contributed by atoms with van der Waals surface area (Å²) in [5, 5.41) is 13.4. The number of amides is 1. The predicted octanol–water partition coefficient (Wildman–Crippen LogP) is 5.22. The van der Waals surface area contributed by atoms with Crippen LogP contribution < -0.4 is 9.47 Å². The maximum absolute atomic E-state index is 13.6. The highest BCUT2D eigenvalue weighted by atomic mass is 19.1. The van der Waals surface area contributed by atoms with E-state index in [0.29, 0.717) is 42.1 Å². The molecule has 1 atom stereocenters. The Labute approximate surface area is 203 Å². The van der Waals surface area contributed by atoms with Crippen molar-refractivity contribution in [2.45, 2.75) is 63.8 Å². The van der Waals surface area contributed by atoms with E-state index in [1.54, 1.807) is 25.6 Å². The second-order valence-electron chi connectivity index (χ2n) is 10.3. The minimum atomic E-state index is -0.643. The first-order valence-corrected chi connectivity index (χ1v) is 12.2. The summed E-state index contributed by atoms with van der Waals surface area (Å²) in [6.45, 7) is 0.665. The molecule has 7 nitrogen and oxygen atoms in total. The average Bonchev–Trinajstić information content (AvgIpc) is 3.28. The molecule has 1 aliphatic heterocycles. The summed E-state index contributed by atoms with van der Waals surface area (Å²) in [5.74, 6) is -0.251. The number of halogens is 2. The van der Waals surface area contributed by atoms with Crippen LogP contribution in [-0.4, -0.2) is 41.0 Å². The van der Waals surface area contributed by atoms with Crippen molar-refractivity contribution in [2.24, 2.45) is 15.9 Å². The largest absolute Gasteiger partial charge is 0.495 e. The lowest BCUT2D eigenvalue weighted by Crippen LogP contribution is -2.63. The number of aromatic nitrogens is 2. The third-order valence-corrected chi connectivity index (χ3v) is 7.57. The lowest BCUT2D eigenvalue weighted by Gasteiger charge is -2.71. The first-order chi connectivity index (χ1) is 16.9. The van der Waals surface area contributed by atoms with Crippen LogP contribution in [0.5, 0.6) is 11.6 Å². The van der Waals surface area contributed by atoms with Crippen molar-refractivity contribution in [3.8, 4) is 11.6 Å². The van der Waals surface area contributed by atoms with E-state index in [2.05, 4.69) is 15.3 Å². The van der Waals surface area contributed by atoms with Gasteiger partial charge in [0.25, 0.3) is 0 Å². The van der Waals surface area contributed by atoms with Gasteiger partial charge in [0.05, 0.1) is 26.0 Å². The number of hydrogen-bond donors (Lipinski definition) is 0. The van der Waals surface area contributed by atoms with Crippen LogP contribution in [0.3, 0.4) is 0 Å². The second kappa shape index (κ2) is 9.51. The van der Waals surface area contributed by atoms with Crippen LogP contribution in [0.1, 0.15) is 69.4 Å². The lowest BCUT2D eigenvalue weighted by atomic mass is 9.34. The zero-order valence-electron chi connectivity index (χ0n) is 19.9. The Kier molecular flexibility index (Phi) is 6.42. The minimum Gasteiger partial charge on any atom is -0.495 e. The Hall–Kier alpha value is -3.10. The van der Waals surface area contributed by atoms with Gasteiger partial charge in [0.2, 0.25) is 11.8 Å². The SMILES string of the molecule is COc1cnnc(OCC23CC(CCCCCC(=O)N4N=CCC4c4cc(F)cc(F)c4)(C2)C3)c1. The number of unbranched alkanes of at least 4 members (excludes halogenated alkanes) is 2. The van der Waals surface area contributed by atoms with Gasteiger partial charge in [0, 0.05) is 36.6 Å². The highest BCUT2D eigenvalue weighted by molar-refractivity contribution is 5.79. The van der Waals surface area contributed by atoms with Crippen LogP contribution >= 0.6 is 0 Å². The van der Waals surface area contributed by atoms with E-state index in [-0.39, 0.29) is 11.3 Å². The summed E-state index contributed by atoms with van der Waals surface area (Å²) >= 11 is 0. The van der Waals surface area contributed by atoms with Crippen LogP contribution in [0.15, 0.2) is 35.6 Å². The number of methoxy groups -OCH3 is 1. The van der Waals surface area contributed by atoms with E-state index in [1.807, 2.05) is 0 Å². The Balaban J connectivity index is 0.996. The van der Waals surface area contributed by atoms with E-state index >= 15 is 0 Å². The number of benzene rings is 1. The van der Waals surface area contributed by atoms with Gasteiger partial charge in [-0.15, -0.1) is 5.10 Å². The van der Waals surface area contributed by atoms with Crippen LogP contribution in [0.4, 0.5) is 8.78 Å². The molecule has 0 N–H and O–H groups in total. The fourth-order valence-electron chi connectivity index (χ4n) is 6.15. The van der Waals surface area contributed by atoms with Gasteiger partial charge in [-0.3, -0.25) is 4.79 Å². The number of ether oxygens (including phenoxy) is 2. The van der Waals surface area contributed by atoms with Crippen LogP contribution in [0.25, 0.3) is 0 Å². The smallest absolute Gasteiger partial charge is 0.243 e. The molecular weight excluding hydrogens is 454 g/mol. The van der Waals surface area contributed by atoms with Crippen LogP contribution in [0.2, 0.25) is 0 Å². The van der Waals surface area contributed by atoms with Gasteiger partial charge in [-0.1, -0.05) is 12.8 Å². The van der Waals surface area contributed by atoms with E-state index in [0.717, 1.165) is 25.3 Å². The Morgan fingerprint density at radius 2 is 1.86 bits per heavy atom. The summed E-state index contributed by atoms with van der Waals surface area (Å²) < 4.78 is 38.2. The number of hydrazone groups is 1. The highest BCUT2D eigenvalue weighted by Crippen LogP contribution is 2.75.